The highest BCUT2D eigenvalue weighted by Gasteiger charge is 2.29. The van der Waals surface area contributed by atoms with Crippen LogP contribution in [-0.2, 0) is 31.2 Å². The van der Waals surface area contributed by atoms with Gasteiger partial charge < -0.3 is 14.6 Å². The summed E-state index contributed by atoms with van der Waals surface area (Å²) in [5, 5.41) is 4.97. The lowest BCUT2D eigenvalue weighted by Crippen LogP contribution is -2.24. The van der Waals surface area contributed by atoms with Crippen molar-refractivity contribution in [3.05, 3.63) is 64.8 Å². The third kappa shape index (κ3) is 3.36. The van der Waals surface area contributed by atoms with Crippen molar-refractivity contribution in [2.75, 3.05) is 19.7 Å². The van der Waals surface area contributed by atoms with Gasteiger partial charge in [0, 0.05) is 29.6 Å². The maximum atomic E-state index is 6.41. The molecular formula is C26H32N2O. The first-order chi connectivity index (χ1) is 14.1. The van der Waals surface area contributed by atoms with E-state index in [1.807, 2.05) is 0 Å². The predicted octanol–water partition coefficient (Wildman–Crippen LogP) is 5.02. The summed E-state index contributed by atoms with van der Waals surface area (Å²) in [4.78, 5) is 0. The number of benzene rings is 2. The lowest BCUT2D eigenvalue weighted by atomic mass is 9.72. The number of hydrogen-bond donors (Lipinski definition) is 1. The van der Waals surface area contributed by atoms with E-state index in [1.54, 1.807) is 0 Å². The first-order valence-corrected chi connectivity index (χ1v) is 11.2. The van der Waals surface area contributed by atoms with Crippen molar-refractivity contribution < 1.29 is 4.74 Å². The fourth-order valence-corrected chi connectivity index (χ4v) is 5.47. The van der Waals surface area contributed by atoms with Crippen molar-refractivity contribution in [2.24, 2.45) is 0 Å². The average Bonchev–Trinajstić information content (AvgIpc) is 2.86. The van der Waals surface area contributed by atoms with Crippen molar-refractivity contribution in [3.8, 4) is 5.75 Å². The molecule has 0 bridgehead atoms. The van der Waals surface area contributed by atoms with Crippen molar-refractivity contribution in [3.63, 3.8) is 0 Å². The normalized spacial score (nSPS) is 18.1. The molecule has 0 fully saturated rings. The van der Waals surface area contributed by atoms with E-state index < -0.39 is 0 Å². The van der Waals surface area contributed by atoms with Gasteiger partial charge in [0.25, 0.3) is 0 Å². The summed E-state index contributed by atoms with van der Waals surface area (Å²) in [7, 11) is 0. The van der Waals surface area contributed by atoms with Crippen molar-refractivity contribution in [1.82, 2.24) is 9.88 Å². The van der Waals surface area contributed by atoms with Gasteiger partial charge in [-0.05, 0) is 66.5 Å². The van der Waals surface area contributed by atoms with Crippen LogP contribution in [0.25, 0.3) is 10.9 Å². The van der Waals surface area contributed by atoms with E-state index in [2.05, 4.69) is 66.2 Å². The molecule has 3 nitrogen and oxygen atoms in total. The molecule has 1 aliphatic carbocycles. The molecule has 2 heterocycles. The van der Waals surface area contributed by atoms with E-state index in [4.69, 9.17) is 4.74 Å². The van der Waals surface area contributed by atoms with E-state index in [0.29, 0.717) is 0 Å². The van der Waals surface area contributed by atoms with Crippen LogP contribution in [0, 0.1) is 0 Å². The minimum absolute atomic E-state index is 0.258. The highest BCUT2D eigenvalue weighted by atomic mass is 16.5. The average molecular weight is 389 g/mol. The fourth-order valence-electron chi connectivity index (χ4n) is 5.47. The second-order valence-corrected chi connectivity index (χ2v) is 9.21. The van der Waals surface area contributed by atoms with Crippen LogP contribution in [0.2, 0.25) is 0 Å². The molecule has 29 heavy (non-hydrogen) atoms. The number of aromatic nitrogens is 1. The predicted molar refractivity (Wildman–Crippen MR) is 120 cm³/mol. The topological polar surface area (TPSA) is 26.2 Å². The number of nitrogens with one attached hydrogen (secondary N) is 1. The zero-order valence-electron chi connectivity index (χ0n) is 17.8. The molecule has 1 aromatic heterocycles. The van der Waals surface area contributed by atoms with E-state index in [-0.39, 0.29) is 5.41 Å². The molecule has 0 saturated carbocycles. The Labute approximate surface area is 174 Å². The molecular weight excluding hydrogens is 356 g/mol. The van der Waals surface area contributed by atoms with E-state index in [9.17, 15) is 0 Å². The monoisotopic (exact) mass is 388 g/mol. The first-order valence-electron chi connectivity index (χ1n) is 11.2. The van der Waals surface area contributed by atoms with Gasteiger partial charge in [0.15, 0.2) is 0 Å². The molecule has 3 heteroatoms. The molecule has 3 aromatic rings. The van der Waals surface area contributed by atoms with Crippen LogP contribution in [0.1, 0.15) is 49.1 Å². The van der Waals surface area contributed by atoms with Crippen LogP contribution in [-0.4, -0.2) is 24.3 Å². The van der Waals surface area contributed by atoms with Crippen molar-refractivity contribution in [2.45, 2.75) is 57.9 Å². The van der Waals surface area contributed by atoms with Gasteiger partial charge in [-0.15, -0.1) is 0 Å². The van der Waals surface area contributed by atoms with Gasteiger partial charge in [-0.3, -0.25) is 0 Å². The Morgan fingerprint density at radius 1 is 0.966 bits per heavy atom. The summed E-state index contributed by atoms with van der Waals surface area (Å²) >= 11 is 0. The molecule has 0 spiro atoms. The number of rotatable bonds is 4. The maximum Gasteiger partial charge on any atom is 0.122 e. The molecule has 0 amide bonds. The van der Waals surface area contributed by atoms with Gasteiger partial charge >= 0.3 is 0 Å². The van der Waals surface area contributed by atoms with E-state index >= 15 is 0 Å². The van der Waals surface area contributed by atoms with Crippen LogP contribution in [0.3, 0.4) is 0 Å². The number of hydrogen-bond acceptors (Lipinski definition) is 2. The quantitative estimate of drug-likeness (QED) is 0.679. The minimum atomic E-state index is 0.258. The number of ether oxygens (including phenoxy) is 1. The number of nitrogens with zero attached hydrogens (tertiary/aromatic N) is 1. The molecule has 1 aliphatic heterocycles. The molecule has 1 N–H and O–H groups in total. The number of fused-ring (bicyclic) bond motifs is 4. The zero-order chi connectivity index (χ0) is 19.8. The molecule has 152 valence electrons. The van der Waals surface area contributed by atoms with Crippen LogP contribution >= 0.6 is 0 Å². The summed E-state index contributed by atoms with van der Waals surface area (Å²) in [6, 6.07) is 15.5. The molecule has 0 unspecified atom stereocenters. The fraction of sp³-hybridized carbons (Fsp3) is 0.462. The van der Waals surface area contributed by atoms with Gasteiger partial charge in [-0.1, -0.05) is 44.2 Å². The van der Waals surface area contributed by atoms with Crippen LogP contribution in [0.4, 0.5) is 0 Å². The third-order valence-corrected chi connectivity index (χ3v) is 6.95. The molecule has 2 aliphatic rings. The van der Waals surface area contributed by atoms with Gasteiger partial charge in [0.2, 0.25) is 0 Å². The molecule has 0 saturated heterocycles. The maximum absolute atomic E-state index is 6.41. The molecule has 2 aromatic carbocycles. The van der Waals surface area contributed by atoms with Gasteiger partial charge in [0.1, 0.15) is 12.4 Å². The standard InChI is InChI=1S/C26H32N2O/c1-26(2)14-6-8-21-22(26)9-5-11-25(21)29-18-17-28-23-10-4-3-7-19(23)20-12-15-27-16-13-24(20)28/h3-5,7,9-11,27H,6,8,12-18H2,1-2H3. The Kier molecular flexibility index (Phi) is 4.87. The highest BCUT2D eigenvalue weighted by molar-refractivity contribution is 5.85. The lowest BCUT2D eigenvalue weighted by molar-refractivity contribution is 0.291. The molecule has 5 rings (SSSR count). The third-order valence-electron chi connectivity index (χ3n) is 6.95. The summed E-state index contributed by atoms with van der Waals surface area (Å²) < 4.78 is 8.92. The van der Waals surface area contributed by atoms with Gasteiger partial charge in [0.05, 0.1) is 6.54 Å². The second kappa shape index (κ2) is 7.53. The van der Waals surface area contributed by atoms with Crippen LogP contribution in [0.15, 0.2) is 42.5 Å². The van der Waals surface area contributed by atoms with Gasteiger partial charge in [-0.25, -0.2) is 0 Å². The molecule has 0 atom stereocenters. The second-order valence-electron chi connectivity index (χ2n) is 9.21. The number of para-hydroxylation sites is 1. The SMILES string of the molecule is CC1(C)CCCc2c(OCCn3c4c(c5ccccc53)CCNCC4)cccc21. The molecule has 0 radical (unpaired) electrons. The van der Waals surface area contributed by atoms with E-state index in [1.165, 1.54) is 46.1 Å². The zero-order valence-corrected chi connectivity index (χ0v) is 17.8. The Balaban J connectivity index is 1.41. The van der Waals surface area contributed by atoms with Gasteiger partial charge in [-0.2, -0.15) is 0 Å². The smallest absolute Gasteiger partial charge is 0.122 e. The largest absolute Gasteiger partial charge is 0.491 e. The summed E-state index contributed by atoms with van der Waals surface area (Å²) in [6.45, 7) is 8.49. The van der Waals surface area contributed by atoms with Crippen molar-refractivity contribution >= 4 is 10.9 Å². The Bertz CT molecular complexity index is 1030. The lowest BCUT2D eigenvalue weighted by Gasteiger charge is -2.33. The van der Waals surface area contributed by atoms with Crippen LogP contribution < -0.4 is 10.1 Å². The van der Waals surface area contributed by atoms with Crippen LogP contribution in [0.5, 0.6) is 5.75 Å². The summed E-state index contributed by atoms with van der Waals surface area (Å²) in [6.07, 6.45) is 5.87. The van der Waals surface area contributed by atoms with E-state index in [0.717, 1.165) is 51.3 Å². The Hall–Kier alpha value is -2.26. The summed E-state index contributed by atoms with van der Waals surface area (Å²) in [5.41, 5.74) is 7.56. The van der Waals surface area contributed by atoms with Crippen molar-refractivity contribution in [1.29, 1.82) is 0 Å². The Morgan fingerprint density at radius 2 is 1.83 bits per heavy atom. The Morgan fingerprint density at radius 3 is 2.76 bits per heavy atom. The minimum Gasteiger partial charge on any atom is -0.491 e. The highest BCUT2D eigenvalue weighted by Crippen LogP contribution is 2.40. The summed E-state index contributed by atoms with van der Waals surface area (Å²) in [5.74, 6) is 1.10. The first kappa shape index (κ1) is 18.7.